The largest absolute Gasteiger partial charge is 0.379 e. The van der Waals surface area contributed by atoms with E-state index in [-0.39, 0.29) is 17.7 Å². The maximum atomic E-state index is 12.3. The summed E-state index contributed by atoms with van der Waals surface area (Å²) in [5.74, 6) is 0.948. The predicted octanol–water partition coefficient (Wildman–Crippen LogP) is 4.76. The lowest BCUT2D eigenvalue weighted by atomic mass is 9.89. The minimum atomic E-state index is 0.139. The summed E-state index contributed by atoms with van der Waals surface area (Å²) in [5, 5.41) is 2.99. The first-order chi connectivity index (χ1) is 14.8. The first-order valence-electron chi connectivity index (χ1n) is 12.0. The number of nitrogens with one attached hydrogen (secondary N) is 1. The summed E-state index contributed by atoms with van der Waals surface area (Å²) in [7, 11) is 0. The van der Waals surface area contributed by atoms with Crippen LogP contribution in [0, 0.1) is 11.8 Å². The van der Waals surface area contributed by atoms with Crippen molar-refractivity contribution in [1.82, 2.24) is 5.32 Å². The highest BCUT2D eigenvalue weighted by Crippen LogP contribution is 2.21. The van der Waals surface area contributed by atoms with Crippen molar-refractivity contribution in [2.45, 2.75) is 77.0 Å². The Bertz CT molecular complexity index is 495. The minimum Gasteiger partial charge on any atom is -0.379 e. The molecule has 2 rings (SSSR count). The summed E-state index contributed by atoms with van der Waals surface area (Å²) >= 11 is 0. The normalized spacial score (nSPS) is 24.7. The Morgan fingerprint density at radius 2 is 1.33 bits per heavy atom. The van der Waals surface area contributed by atoms with Crippen LogP contribution in [0.25, 0.3) is 0 Å². The molecular weight excluding hydrogens is 378 g/mol. The number of carbonyl (C=O) groups excluding carboxylic acids is 2. The van der Waals surface area contributed by atoms with E-state index in [2.05, 4.69) is 29.6 Å². The van der Waals surface area contributed by atoms with E-state index >= 15 is 0 Å². The van der Waals surface area contributed by atoms with E-state index in [1.165, 1.54) is 0 Å². The second-order valence-corrected chi connectivity index (χ2v) is 8.44. The van der Waals surface area contributed by atoms with E-state index in [0.717, 1.165) is 70.6 Å². The lowest BCUT2D eigenvalue weighted by Gasteiger charge is -2.17. The molecule has 0 aromatic rings. The van der Waals surface area contributed by atoms with Gasteiger partial charge in [-0.1, -0.05) is 24.3 Å². The van der Waals surface area contributed by atoms with Gasteiger partial charge in [-0.3, -0.25) is 9.59 Å². The average molecular weight is 420 g/mol. The quantitative estimate of drug-likeness (QED) is 0.366. The number of carbonyl (C=O) groups is 2. The first kappa shape index (κ1) is 24.8. The van der Waals surface area contributed by atoms with Crippen LogP contribution in [-0.4, -0.2) is 44.7 Å². The van der Waals surface area contributed by atoms with Crippen LogP contribution >= 0.6 is 0 Å². The van der Waals surface area contributed by atoms with Gasteiger partial charge in [-0.25, -0.2) is 0 Å². The Morgan fingerprint density at radius 1 is 0.733 bits per heavy atom. The van der Waals surface area contributed by atoms with Crippen molar-refractivity contribution < 1.29 is 19.1 Å². The molecule has 0 bridgehead atoms. The topological polar surface area (TPSA) is 64.6 Å². The third-order valence-corrected chi connectivity index (χ3v) is 6.00. The molecule has 170 valence electrons. The van der Waals surface area contributed by atoms with Gasteiger partial charge in [-0.05, 0) is 70.6 Å². The summed E-state index contributed by atoms with van der Waals surface area (Å²) in [6, 6.07) is 0. The Morgan fingerprint density at radius 3 is 2.07 bits per heavy atom. The molecule has 5 nitrogen and oxygen atoms in total. The zero-order valence-corrected chi connectivity index (χ0v) is 18.6. The van der Waals surface area contributed by atoms with Crippen LogP contribution < -0.4 is 5.32 Å². The molecule has 0 spiro atoms. The van der Waals surface area contributed by atoms with Gasteiger partial charge < -0.3 is 14.8 Å². The third-order valence-electron chi connectivity index (χ3n) is 6.00. The monoisotopic (exact) mass is 419 g/mol. The summed E-state index contributed by atoms with van der Waals surface area (Å²) in [6.45, 7) is 2.72. The van der Waals surface area contributed by atoms with Crippen LogP contribution in [-0.2, 0) is 19.1 Å². The van der Waals surface area contributed by atoms with Crippen LogP contribution in [0.4, 0.5) is 0 Å². The summed E-state index contributed by atoms with van der Waals surface area (Å²) < 4.78 is 11.1. The number of hydrogen-bond donors (Lipinski definition) is 1. The van der Waals surface area contributed by atoms with Gasteiger partial charge in [-0.2, -0.15) is 0 Å². The lowest BCUT2D eigenvalue weighted by Crippen LogP contribution is -2.33. The first-order valence-corrected chi connectivity index (χ1v) is 12.0. The molecule has 0 saturated heterocycles. The van der Waals surface area contributed by atoms with E-state index in [1.807, 2.05) is 0 Å². The molecule has 0 heterocycles. The van der Waals surface area contributed by atoms with Gasteiger partial charge in [0.2, 0.25) is 5.91 Å². The van der Waals surface area contributed by atoms with Crippen LogP contribution in [0.3, 0.4) is 0 Å². The zero-order chi connectivity index (χ0) is 21.3. The zero-order valence-electron chi connectivity index (χ0n) is 18.6. The molecule has 5 heteroatoms. The Labute approximate surface area is 182 Å². The standard InChI is InChI=1S/C25H41NO4/c27-24(22-12-7-3-1-4-8-13-22)16-11-18-29-20-21-30-19-17-26-25(28)23-14-9-5-2-6-10-15-23/h1-3,5,22-23H,4,6-21H2,(H,26,28)/b3-1-,5-2-. The second-order valence-electron chi connectivity index (χ2n) is 8.44. The maximum absolute atomic E-state index is 12.3. The lowest BCUT2D eigenvalue weighted by molar-refractivity contribution is -0.126. The summed E-state index contributed by atoms with van der Waals surface area (Å²) in [5.41, 5.74) is 0. The Balaban J connectivity index is 1.40. The van der Waals surface area contributed by atoms with Crippen molar-refractivity contribution in [2.24, 2.45) is 11.8 Å². The van der Waals surface area contributed by atoms with Crippen molar-refractivity contribution >= 4 is 11.7 Å². The van der Waals surface area contributed by atoms with E-state index in [0.29, 0.717) is 45.2 Å². The van der Waals surface area contributed by atoms with Crippen molar-refractivity contribution in [1.29, 1.82) is 0 Å². The smallest absolute Gasteiger partial charge is 0.223 e. The van der Waals surface area contributed by atoms with Crippen molar-refractivity contribution in [3.8, 4) is 0 Å². The molecule has 30 heavy (non-hydrogen) atoms. The molecular formula is C25H41NO4. The fraction of sp³-hybridized carbons (Fsp3) is 0.760. The number of allylic oxidation sites excluding steroid dienone is 4. The highest BCUT2D eigenvalue weighted by Gasteiger charge is 2.18. The minimum absolute atomic E-state index is 0.139. The van der Waals surface area contributed by atoms with Gasteiger partial charge >= 0.3 is 0 Å². The highest BCUT2D eigenvalue weighted by molar-refractivity contribution is 5.81. The molecule has 2 unspecified atom stereocenters. The molecule has 0 aromatic heterocycles. The fourth-order valence-electron chi connectivity index (χ4n) is 4.17. The van der Waals surface area contributed by atoms with Crippen LogP contribution in [0.5, 0.6) is 0 Å². The van der Waals surface area contributed by atoms with Gasteiger partial charge in [0.05, 0.1) is 19.8 Å². The number of hydrogen-bond acceptors (Lipinski definition) is 4. The van der Waals surface area contributed by atoms with Gasteiger partial charge in [0.25, 0.3) is 0 Å². The number of amides is 1. The molecule has 2 atom stereocenters. The summed E-state index contributed by atoms with van der Waals surface area (Å²) in [4.78, 5) is 24.6. The second kappa shape index (κ2) is 16.3. The van der Waals surface area contributed by atoms with Gasteiger partial charge in [0, 0.05) is 31.4 Å². The number of Topliss-reactive ketones (excluding diaryl/α,β-unsaturated/α-hetero) is 1. The molecule has 0 aromatic carbocycles. The number of ether oxygens (including phenoxy) is 2. The molecule has 2 aliphatic rings. The fourth-order valence-corrected chi connectivity index (χ4v) is 4.17. The van der Waals surface area contributed by atoms with E-state index < -0.39 is 0 Å². The molecule has 0 aliphatic heterocycles. The van der Waals surface area contributed by atoms with Gasteiger partial charge in [-0.15, -0.1) is 0 Å². The van der Waals surface area contributed by atoms with Crippen molar-refractivity contribution in [2.75, 3.05) is 33.0 Å². The average Bonchev–Trinajstić information content (AvgIpc) is 2.68. The molecule has 2 aliphatic carbocycles. The molecule has 0 radical (unpaired) electrons. The van der Waals surface area contributed by atoms with Crippen LogP contribution in [0.2, 0.25) is 0 Å². The maximum Gasteiger partial charge on any atom is 0.223 e. The van der Waals surface area contributed by atoms with Crippen molar-refractivity contribution in [3.05, 3.63) is 24.3 Å². The van der Waals surface area contributed by atoms with Crippen LogP contribution in [0.1, 0.15) is 77.0 Å². The third kappa shape index (κ3) is 11.1. The van der Waals surface area contributed by atoms with E-state index in [9.17, 15) is 9.59 Å². The molecule has 0 fully saturated rings. The number of ketones is 1. The van der Waals surface area contributed by atoms with Crippen molar-refractivity contribution in [3.63, 3.8) is 0 Å². The van der Waals surface area contributed by atoms with E-state index in [4.69, 9.17) is 9.47 Å². The van der Waals surface area contributed by atoms with Gasteiger partial charge in [0.1, 0.15) is 5.78 Å². The SMILES string of the molecule is O=C(CCCOCCOCCNC(=O)C1CC/C=C\CCC1)C1CC/C=C\CCC1. The predicted molar refractivity (Wildman–Crippen MR) is 120 cm³/mol. The van der Waals surface area contributed by atoms with E-state index in [1.54, 1.807) is 0 Å². The highest BCUT2D eigenvalue weighted by atomic mass is 16.5. The molecule has 1 N–H and O–H groups in total. The molecule has 1 amide bonds. The summed E-state index contributed by atoms with van der Waals surface area (Å²) in [6.07, 6.45) is 20.7. The Kier molecular flexibility index (Phi) is 13.4. The van der Waals surface area contributed by atoms with Gasteiger partial charge in [0.15, 0.2) is 0 Å². The number of rotatable bonds is 12. The van der Waals surface area contributed by atoms with Crippen LogP contribution in [0.15, 0.2) is 24.3 Å². The Hall–Kier alpha value is -1.46. The molecule has 0 saturated carbocycles.